The summed E-state index contributed by atoms with van der Waals surface area (Å²) >= 11 is 3.14. The molecule has 2 N–H and O–H groups in total. The first-order valence-corrected chi connectivity index (χ1v) is 5.98. The number of anilines is 1. The van der Waals surface area contributed by atoms with E-state index in [9.17, 15) is 8.78 Å². The molecule has 0 aliphatic heterocycles. The Bertz CT molecular complexity index is 575. The zero-order chi connectivity index (χ0) is 13.1. The lowest BCUT2D eigenvalue weighted by molar-refractivity contribution is 0.285. The van der Waals surface area contributed by atoms with Gasteiger partial charge in [-0.15, -0.1) is 0 Å². The summed E-state index contributed by atoms with van der Waals surface area (Å²) in [4.78, 5) is 0. The fraction of sp³-hybridized carbons (Fsp3) is 0.0769. The van der Waals surface area contributed by atoms with E-state index in [0.717, 1.165) is 0 Å². The molecule has 2 rings (SSSR count). The molecular weight excluding hydrogens is 304 g/mol. The molecule has 2 aromatic carbocycles. The maximum absolute atomic E-state index is 13.6. The zero-order valence-electron chi connectivity index (χ0n) is 9.29. The summed E-state index contributed by atoms with van der Waals surface area (Å²) in [5.41, 5.74) is 5.77. The Balaban J connectivity index is 2.14. The summed E-state index contributed by atoms with van der Waals surface area (Å²) in [7, 11) is 0. The van der Waals surface area contributed by atoms with Gasteiger partial charge in [0.15, 0.2) is 17.4 Å². The third-order valence-electron chi connectivity index (χ3n) is 2.39. The van der Waals surface area contributed by atoms with Crippen LogP contribution >= 0.6 is 15.9 Å². The molecule has 0 bridgehead atoms. The summed E-state index contributed by atoms with van der Waals surface area (Å²) in [5, 5.41) is 0. The molecule has 0 saturated carbocycles. The topological polar surface area (TPSA) is 35.2 Å². The number of nitrogen functional groups attached to an aromatic ring is 1. The Morgan fingerprint density at radius 1 is 1.17 bits per heavy atom. The Morgan fingerprint density at radius 2 is 1.94 bits per heavy atom. The molecule has 0 radical (unpaired) electrons. The van der Waals surface area contributed by atoms with Gasteiger partial charge in [-0.25, -0.2) is 8.78 Å². The molecule has 0 amide bonds. The minimum Gasteiger partial charge on any atom is -0.486 e. The van der Waals surface area contributed by atoms with E-state index in [4.69, 9.17) is 10.5 Å². The van der Waals surface area contributed by atoms with E-state index in [2.05, 4.69) is 15.9 Å². The maximum Gasteiger partial charge on any atom is 0.166 e. The predicted molar refractivity (Wildman–Crippen MR) is 69.2 cm³/mol. The molecule has 0 fully saturated rings. The average Bonchev–Trinajstić information content (AvgIpc) is 2.33. The lowest BCUT2D eigenvalue weighted by Gasteiger charge is -2.09. The number of halogens is 3. The fourth-order valence-electron chi connectivity index (χ4n) is 1.46. The quantitative estimate of drug-likeness (QED) is 0.873. The summed E-state index contributed by atoms with van der Waals surface area (Å²) in [6, 6.07) is 9.03. The monoisotopic (exact) mass is 313 g/mol. The van der Waals surface area contributed by atoms with E-state index in [1.807, 2.05) is 0 Å². The van der Waals surface area contributed by atoms with Gasteiger partial charge >= 0.3 is 0 Å². The summed E-state index contributed by atoms with van der Waals surface area (Å²) in [6.07, 6.45) is 0. The van der Waals surface area contributed by atoms with Crippen LogP contribution in [0.15, 0.2) is 40.9 Å². The first-order chi connectivity index (χ1) is 8.58. The van der Waals surface area contributed by atoms with Crippen LogP contribution in [0.4, 0.5) is 14.5 Å². The molecule has 2 aromatic rings. The smallest absolute Gasteiger partial charge is 0.166 e. The van der Waals surface area contributed by atoms with Crippen molar-refractivity contribution in [3.63, 3.8) is 0 Å². The van der Waals surface area contributed by atoms with Gasteiger partial charge in [0.1, 0.15) is 6.61 Å². The normalized spacial score (nSPS) is 10.4. The highest BCUT2D eigenvalue weighted by Gasteiger charge is 2.08. The first kappa shape index (κ1) is 12.8. The van der Waals surface area contributed by atoms with E-state index in [-0.39, 0.29) is 23.6 Å². The number of ether oxygens (including phenoxy) is 1. The van der Waals surface area contributed by atoms with Gasteiger partial charge in [0, 0.05) is 10.0 Å². The van der Waals surface area contributed by atoms with Gasteiger partial charge in [-0.2, -0.15) is 0 Å². The van der Waals surface area contributed by atoms with Crippen molar-refractivity contribution in [2.75, 3.05) is 5.73 Å². The SMILES string of the molecule is Nc1cccc(COc2ccc(Br)cc2F)c1F. The number of hydrogen-bond donors (Lipinski definition) is 1. The molecule has 0 heterocycles. The van der Waals surface area contributed by atoms with Gasteiger partial charge in [0.25, 0.3) is 0 Å². The molecule has 0 unspecified atom stereocenters. The third-order valence-corrected chi connectivity index (χ3v) is 2.88. The summed E-state index contributed by atoms with van der Waals surface area (Å²) < 4.78 is 32.9. The van der Waals surface area contributed by atoms with Crippen molar-refractivity contribution in [2.24, 2.45) is 0 Å². The lowest BCUT2D eigenvalue weighted by atomic mass is 10.2. The van der Waals surface area contributed by atoms with E-state index in [1.54, 1.807) is 18.2 Å². The van der Waals surface area contributed by atoms with Crippen LogP contribution in [-0.4, -0.2) is 0 Å². The van der Waals surface area contributed by atoms with Crippen molar-refractivity contribution in [3.05, 3.63) is 58.1 Å². The van der Waals surface area contributed by atoms with Crippen molar-refractivity contribution < 1.29 is 13.5 Å². The molecule has 0 aromatic heterocycles. The van der Waals surface area contributed by atoms with Gasteiger partial charge in [0.05, 0.1) is 5.69 Å². The molecular formula is C13H10BrF2NO. The Morgan fingerprint density at radius 3 is 2.67 bits per heavy atom. The maximum atomic E-state index is 13.6. The highest BCUT2D eigenvalue weighted by molar-refractivity contribution is 9.10. The van der Waals surface area contributed by atoms with Crippen LogP contribution < -0.4 is 10.5 Å². The van der Waals surface area contributed by atoms with Gasteiger partial charge in [-0.3, -0.25) is 0 Å². The van der Waals surface area contributed by atoms with Crippen LogP contribution in [0, 0.1) is 11.6 Å². The number of nitrogens with two attached hydrogens (primary N) is 1. The van der Waals surface area contributed by atoms with Gasteiger partial charge < -0.3 is 10.5 Å². The standard InChI is InChI=1S/C13H10BrF2NO/c14-9-4-5-12(10(15)6-9)18-7-8-2-1-3-11(17)13(8)16/h1-6H,7,17H2. The number of hydrogen-bond acceptors (Lipinski definition) is 2. The molecule has 0 aliphatic carbocycles. The molecule has 0 atom stereocenters. The van der Waals surface area contributed by atoms with Crippen molar-refractivity contribution in [1.29, 1.82) is 0 Å². The second-order valence-corrected chi connectivity index (χ2v) is 4.60. The minimum atomic E-state index is -0.532. The van der Waals surface area contributed by atoms with E-state index >= 15 is 0 Å². The molecule has 0 aliphatic rings. The summed E-state index contributed by atoms with van der Waals surface area (Å²) in [5.74, 6) is -0.969. The molecule has 18 heavy (non-hydrogen) atoms. The van der Waals surface area contributed by atoms with E-state index < -0.39 is 11.6 Å². The van der Waals surface area contributed by atoms with Crippen molar-refractivity contribution in [2.45, 2.75) is 6.61 Å². The number of benzene rings is 2. The van der Waals surface area contributed by atoms with E-state index in [1.165, 1.54) is 18.2 Å². The third kappa shape index (κ3) is 2.79. The van der Waals surface area contributed by atoms with Crippen molar-refractivity contribution in [1.82, 2.24) is 0 Å². The molecule has 94 valence electrons. The van der Waals surface area contributed by atoms with Crippen LogP contribution in [0.5, 0.6) is 5.75 Å². The lowest BCUT2D eigenvalue weighted by Crippen LogP contribution is -2.02. The van der Waals surface area contributed by atoms with Crippen LogP contribution in [0.1, 0.15) is 5.56 Å². The zero-order valence-corrected chi connectivity index (χ0v) is 10.9. The number of rotatable bonds is 3. The molecule has 2 nitrogen and oxygen atoms in total. The average molecular weight is 314 g/mol. The van der Waals surface area contributed by atoms with Crippen LogP contribution in [-0.2, 0) is 6.61 Å². The van der Waals surface area contributed by atoms with Crippen LogP contribution in [0.2, 0.25) is 0 Å². The van der Waals surface area contributed by atoms with E-state index in [0.29, 0.717) is 4.47 Å². The predicted octanol–water partition coefficient (Wildman–Crippen LogP) is 3.89. The van der Waals surface area contributed by atoms with Crippen LogP contribution in [0.3, 0.4) is 0 Å². The Kier molecular flexibility index (Phi) is 3.81. The van der Waals surface area contributed by atoms with Gasteiger partial charge in [0.2, 0.25) is 0 Å². The Labute approximate surface area is 112 Å². The molecule has 5 heteroatoms. The van der Waals surface area contributed by atoms with Gasteiger partial charge in [-0.05, 0) is 24.3 Å². The highest BCUT2D eigenvalue weighted by atomic mass is 79.9. The van der Waals surface area contributed by atoms with Gasteiger partial charge in [-0.1, -0.05) is 28.1 Å². The second kappa shape index (κ2) is 5.35. The first-order valence-electron chi connectivity index (χ1n) is 5.18. The molecule has 0 spiro atoms. The van der Waals surface area contributed by atoms with Crippen molar-refractivity contribution in [3.8, 4) is 5.75 Å². The minimum absolute atomic E-state index is 0.0485. The van der Waals surface area contributed by atoms with Crippen molar-refractivity contribution >= 4 is 21.6 Å². The molecule has 0 saturated heterocycles. The fourth-order valence-corrected chi connectivity index (χ4v) is 1.79. The highest BCUT2D eigenvalue weighted by Crippen LogP contribution is 2.23. The van der Waals surface area contributed by atoms with Crippen LogP contribution in [0.25, 0.3) is 0 Å². The second-order valence-electron chi connectivity index (χ2n) is 3.68. The largest absolute Gasteiger partial charge is 0.486 e. The Hall–Kier alpha value is -1.62. The summed E-state index contributed by atoms with van der Waals surface area (Å²) in [6.45, 7) is -0.0740.